The zero-order valence-electron chi connectivity index (χ0n) is 17.5. The fourth-order valence-corrected chi connectivity index (χ4v) is 4.02. The molecule has 1 aromatic carbocycles. The number of aliphatic hydroxyl groups excluding tert-OH is 1. The highest BCUT2D eigenvalue weighted by atomic mass is 19.4. The van der Waals surface area contributed by atoms with Crippen LogP contribution in [-0.4, -0.2) is 50.8 Å². The summed E-state index contributed by atoms with van der Waals surface area (Å²) in [6.45, 7) is 1.03. The molecular weight excluding hydrogens is 471 g/mol. The highest BCUT2D eigenvalue weighted by Gasteiger charge is 2.37. The second-order valence-corrected chi connectivity index (χ2v) is 8.10. The van der Waals surface area contributed by atoms with Crippen molar-refractivity contribution in [3.05, 3.63) is 59.2 Å². The summed E-state index contributed by atoms with van der Waals surface area (Å²) in [5.74, 6) is -0.780. The normalized spacial score (nSPS) is 18.5. The number of nitrogens with zero attached hydrogens (tertiary/aromatic N) is 4. The monoisotopic (exact) mass is 491 g/mol. The van der Waals surface area contributed by atoms with Crippen LogP contribution in [0.1, 0.15) is 29.4 Å². The Labute approximate surface area is 189 Å². The van der Waals surface area contributed by atoms with Gasteiger partial charge in [0.05, 0.1) is 6.04 Å². The molecule has 1 aliphatic rings. The number of hydrogen-bond acceptors (Lipinski definition) is 5. The molecule has 0 bridgehead atoms. The molecule has 6 nitrogen and oxygen atoms in total. The van der Waals surface area contributed by atoms with E-state index in [1.54, 1.807) is 0 Å². The van der Waals surface area contributed by atoms with Crippen molar-refractivity contribution in [2.24, 2.45) is 5.92 Å². The number of alkyl halides is 6. The van der Waals surface area contributed by atoms with Crippen molar-refractivity contribution in [3.63, 3.8) is 0 Å². The second kappa shape index (κ2) is 9.02. The zero-order valence-corrected chi connectivity index (χ0v) is 17.5. The Morgan fingerprint density at radius 1 is 1.03 bits per heavy atom. The molecule has 0 unspecified atom stereocenters. The predicted octanol–water partition coefficient (Wildman–Crippen LogP) is 4.37. The SMILES string of the molecule is OC[C@H]1CCN([C@@H](CNc2cc(C(F)(F)F)nc3cc(C(F)(F)F)nn23)c2ccc(F)cc2)C1. The molecule has 1 saturated heterocycles. The standard InChI is InChI=1S/C21H20F7N5O/c22-14-3-1-13(2-4-14)15(32-6-5-12(10-32)11-34)9-29-18-7-16(20(23,24)25)30-19-8-17(21(26,27)28)31-33(18)19/h1-4,7-8,12,15,29,34H,5-6,9-11H2/t12-,15-/m0/s1. The van der Waals surface area contributed by atoms with Gasteiger partial charge in [-0.15, -0.1) is 0 Å². The molecule has 1 aliphatic heterocycles. The Kier molecular flexibility index (Phi) is 6.42. The lowest BCUT2D eigenvalue weighted by Crippen LogP contribution is -2.32. The molecule has 0 spiro atoms. The van der Waals surface area contributed by atoms with E-state index in [0.29, 0.717) is 41.7 Å². The molecule has 0 saturated carbocycles. The van der Waals surface area contributed by atoms with E-state index in [0.717, 1.165) is 0 Å². The van der Waals surface area contributed by atoms with Crippen LogP contribution in [0.5, 0.6) is 0 Å². The Morgan fingerprint density at radius 2 is 1.71 bits per heavy atom. The number of aliphatic hydroxyl groups is 1. The first-order chi connectivity index (χ1) is 16.0. The molecule has 13 heteroatoms. The molecular formula is C21H20F7N5O. The molecule has 0 amide bonds. The van der Waals surface area contributed by atoms with Crippen molar-refractivity contribution in [2.45, 2.75) is 24.8 Å². The largest absolute Gasteiger partial charge is 0.435 e. The number of halogens is 7. The van der Waals surface area contributed by atoms with Crippen molar-refractivity contribution in [1.82, 2.24) is 19.5 Å². The molecule has 2 atom stereocenters. The zero-order chi connectivity index (χ0) is 24.7. The Hall–Kier alpha value is -2.93. The predicted molar refractivity (Wildman–Crippen MR) is 107 cm³/mol. The van der Waals surface area contributed by atoms with Crippen molar-refractivity contribution in [2.75, 3.05) is 31.6 Å². The fraction of sp³-hybridized carbons (Fsp3) is 0.429. The van der Waals surface area contributed by atoms with Gasteiger partial charge in [0.1, 0.15) is 11.6 Å². The number of nitrogens with one attached hydrogen (secondary N) is 1. The van der Waals surface area contributed by atoms with Gasteiger partial charge in [0.25, 0.3) is 0 Å². The van der Waals surface area contributed by atoms with E-state index in [1.165, 1.54) is 24.3 Å². The molecule has 34 heavy (non-hydrogen) atoms. The minimum Gasteiger partial charge on any atom is -0.396 e. The van der Waals surface area contributed by atoms with Gasteiger partial charge in [-0.1, -0.05) is 12.1 Å². The van der Waals surface area contributed by atoms with Crippen molar-refractivity contribution < 1.29 is 35.8 Å². The lowest BCUT2D eigenvalue weighted by Gasteiger charge is -2.29. The van der Waals surface area contributed by atoms with Gasteiger partial charge in [-0.05, 0) is 36.6 Å². The minimum absolute atomic E-state index is 0.00729. The molecule has 0 aliphatic carbocycles. The first-order valence-corrected chi connectivity index (χ1v) is 10.3. The van der Waals surface area contributed by atoms with Crippen LogP contribution in [0, 0.1) is 11.7 Å². The van der Waals surface area contributed by atoms with Crippen LogP contribution in [0.4, 0.5) is 36.6 Å². The van der Waals surface area contributed by atoms with Crippen LogP contribution < -0.4 is 5.32 Å². The number of rotatable bonds is 6. The van der Waals surface area contributed by atoms with Crippen molar-refractivity contribution in [3.8, 4) is 0 Å². The molecule has 0 radical (unpaired) electrons. The van der Waals surface area contributed by atoms with Crippen LogP contribution in [-0.2, 0) is 12.4 Å². The van der Waals surface area contributed by atoms with Gasteiger partial charge in [-0.2, -0.15) is 36.0 Å². The maximum Gasteiger partial charge on any atom is 0.435 e. The summed E-state index contributed by atoms with van der Waals surface area (Å²) < 4.78 is 93.6. The third kappa shape index (κ3) is 5.09. The molecule has 2 N–H and O–H groups in total. The molecule has 2 aromatic heterocycles. The van der Waals surface area contributed by atoms with Crippen LogP contribution in [0.2, 0.25) is 0 Å². The first-order valence-electron chi connectivity index (χ1n) is 10.3. The van der Waals surface area contributed by atoms with Crippen molar-refractivity contribution in [1.29, 1.82) is 0 Å². The Balaban J connectivity index is 1.69. The summed E-state index contributed by atoms with van der Waals surface area (Å²) in [5, 5.41) is 15.6. The average molecular weight is 491 g/mol. The van der Waals surface area contributed by atoms with E-state index in [2.05, 4.69) is 15.4 Å². The highest BCUT2D eigenvalue weighted by molar-refractivity contribution is 5.51. The third-order valence-electron chi connectivity index (χ3n) is 5.76. The Morgan fingerprint density at radius 3 is 2.29 bits per heavy atom. The molecule has 184 valence electrons. The van der Waals surface area contributed by atoms with Gasteiger partial charge in [0.15, 0.2) is 17.0 Å². The van der Waals surface area contributed by atoms with E-state index in [4.69, 9.17) is 0 Å². The second-order valence-electron chi connectivity index (χ2n) is 8.10. The van der Waals surface area contributed by atoms with Gasteiger partial charge in [-0.3, -0.25) is 4.90 Å². The summed E-state index contributed by atoms with van der Waals surface area (Å²) in [4.78, 5) is 5.27. The summed E-state index contributed by atoms with van der Waals surface area (Å²) in [6, 6.07) is 6.16. The van der Waals surface area contributed by atoms with Gasteiger partial charge in [-0.25, -0.2) is 9.37 Å². The fourth-order valence-electron chi connectivity index (χ4n) is 4.02. The lowest BCUT2D eigenvalue weighted by atomic mass is 10.1. The number of anilines is 1. The van der Waals surface area contributed by atoms with Crippen LogP contribution in [0.3, 0.4) is 0 Å². The Bertz CT molecular complexity index is 1140. The summed E-state index contributed by atoms with van der Waals surface area (Å²) >= 11 is 0. The third-order valence-corrected chi connectivity index (χ3v) is 5.76. The molecule has 1 fully saturated rings. The number of likely N-dealkylation sites (tertiary alicyclic amines) is 1. The van der Waals surface area contributed by atoms with E-state index >= 15 is 0 Å². The van der Waals surface area contributed by atoms with E-state index in [-0.39, 0.29) is 24.9 Å². The van der Waals surface area contributed by atoms with Crippen molar-refractivity contribution >= 4 is 11.5 Å². The molecule has 3 heterocycles. The van der Waals surface area contributed by atoms with Gasteiger partial charge in [0, 0.05) is 31.8 Å². The average Bonchev–Trinajstić information content (AvgIpc) is 3.41. The van der Waals surface area contributed by atoms with Crippen LogP contribution in [0.15, 0.2) is 36.4 Å². The van der Waals surface area contributed by atoms with E-state index < -0.39 is 41.2 Å². The number of benzene rings is 1. The quantitative estimate of drug-likeness (QED) is 0.502. The number of fused-ring (bicyclic) bond motifs is 1. The van der Waals surface area contributed by atoms with E-state index in [1.807, 2.05) is 4.90 Å². The van der Waals surface area contributed by atoms with Gasteiger partial charge in [0.2, 0.25) is 0 Å². The molecule has 4 rings (SSSR count). The van der Waals surface area contributed by atoms with Crippen LogP contribution in [0.25, 0.3) is 5.65 Å². The van der Waals surface area contributed by atoms with Crippen LogP contribution >= 0.6 is 0 Å². The lowest BCUT2D eigenvalue weighted by molar-refractivity contribution is -0.142. The summed E-state index contributed by atoms with van der Waals surface area (Å²) in [6.07, 6.45) is -9.06. The maximum atomic E-state index is 13.4. The molecule has 3 aromatic rings. The number of hydrogen-bond donors (Lipinski definition) is 2. The van der Waals surface area contributed by atoms with Gasteiger partial charge >= 0.3 is 12.4 Å². The van der Waals surface area contributed by atoms with E-state index in [9.17, 15) is 35.8 Å². The smallest absolute Gasteiger partial charge is 0.396 e. The van der Waals surface area contributed by atoms with Gasteiger partial charge < -0.3 is 10.4 Å². The topological polar surface area (TPSA) is 65.7 Å². The maximum absolute atomic E-state index is 13.4. The minimum atomic E-state index is -4.89. The first kappa shape index (κ1) is 24.2. The number of aromatic nitrogens is 3. The summed E-state index contributed by atoms with van der Waals surface area (Å²) in [7, 11) is 0. The highest BCUT2D eigenvalue weighted by Crippen LogP contribution is 2.34. The summed E-state index contributed by atoms with van der Waals surface area (Å²) in [5.41, 5.74) is -2.69.